The van der Waals surface area contributed by atoms with Gasteiger partial charge in [-0.15, -0.1) is 0 Å². The van der Waals surface area contributed by atoms with E-state index in [2.05, 4.69) is 15.8 Å². The van der Waals surface area contributed by atoms with Crippen molar-refractivity contribution in [2.24, 2.45) is 0 Å². The maximum atomic E-state index is 13.1. The molecule has 0 unspecified atom stereocenters. The van der Waals surface area contributed by atoms with Gasteiger partial charge in [0.05, 0.1) is 0 Å². The summed E-state index contributed by atoms with van der Waals surface area (Å²) in [5, 5.41) is 0. The van der Waals surface area contributed by atoms with Gasteiger partial charge in [0.1, 0.15) is 23.0 Å². The molecule has 2 aromatic carbocycles. The van der Waals surface area contributed by atoms with Gasteiger partial charge >= 0.3 is 0 Å². The third-order valence-electron chi connectivity index (χ3n) is 3.52. The Morgan fingerprint density at radius 1 is 0.929 bits per heavy atom. The minimum Gasteiger partial charge on any atom is -0.457 e. The van der Waals surface area contributed by atoms with Crippen LogP contribution in [-0.4, -0.2) is 16.8 Å². The van der Waals surface area contributed by atoms with Crippen LogP contribution in [0.2, 0.25) is 0 Å². The first kappa shape index (κ1) is 18.8. The van der Waals surface area contributed by atoms with E-state index in [4.69, 9.17) is 4.74 Å². The molecule has 2 amide bonds. The zero-order valence-corrected chi connectivity index (χ0v) is 14.6. The Bertz CT molecular complexity index is 1010. The SMILES string of the molecule is O=C(C=Cc1cccc(F)c1)NNC(=O)c1cc(Oc2ccccc2)ccn1. The molecule has 0 atom stereocenters. The Morgan fingerprint density at radius 3 is 2.54 bits per heavy atom. The molecule has 1 heterocycles. The van der Waals surface area contributed by atoms with E-state index in [-0.39, 0.29) is 5.69 Å². The second kappa shape index (κ2) is 9.09. The zero-order valence-electron chi connectivity index (χ0n) is 14.6. The van der Waals surface area contributed by atoms with E-state index in [0.717, 1.165) is 0 Å². The molecular weight excluding hydrogens is 361 g/mol. The van der Waals surface area contributed by atoms with E-state index in [1.165, 1.54) is 42.6 Å². The Kier molecular flexibility index (Phi) is 6.10. The van der Waals surface area contributed by atoms with Crippen molar-refractivity contribution in [1.29, 1.82) is 0 Å². The molecule has 28 heavy (non-hydrogen) atoms. The van der Waals surface area contributed by atoms with Crippen LogP contribution in [0.3, 0.4) is 0 Å². The third-order valence-corrected chi connectivity index (χ3v) is 3.52. The van der Waals surface area contributed by atoms with Gasteiger partial charge in [0.25, 0.3) is 11.8 Å². The topological polar surface area (TPSA) is 80.3 Å². The van der Waals surface area contributed by atoms with Crippen LogP contribution in [0, 0.1) is 5.82 Å². The summed E-state index contributed by atoms with van der Waals surface area (Å²) >= 11 is 0. The van der Waals surface area contributed by atoms with Crippen LogP contribution < -0.4 is 15.6 Å². The average molecular weight is 377 g/mol. The van der Waals surface area contributed by atoms with Crippen LogP contribution in [0.5, 0.6) is 11.5 Å². The van der Waals surface area contributed by atoms with Crippen molar-refractivity contribution in [3.63, 3.8) is 0 Å². The van der Waals surface area contributed by atoms with Gasteiger partial charge in [-0.25, -0.2) is 4.39 Å². The van der Waals surface area contributed by atoms with E-state index >= 15 is 0 Å². The number of hydrazine groups is 1. The lowest BCUT2D eigenvalue weighted by molar-refractivity contribution is -0.117. The van der Waals surface area contributed by atoms with Crippen molar-refractivity contribution < 1.29 is 18.7 Å². The number of ether oxygens (including phenoxy) is 1. The van der Waals surface area contributed by atoms with E-state index < -0.39 is 17.6 Å². The summed E-state index contributed by atoms with van der Waals surface area (Å²) in [6, 6.07) is 17.9. The van der Waals surface area contributed by atoms with Gasteiger partial charge in [-0.3, -0.25) is 25.4 Å². The van der Waals surface area contributed by atoms with Gasteiger partial charge in [-0.2, -0.15) is 0 Å². The molecule has 0 saturated heterocycles. The minimum absolute atomic E-state index is 0.0721. The summed E-state index contributed by atoms with van der Waals surface area (Å²) in [4.78, 5) is 27.9. The molecule has 0 fully saturated rings. The van der Waals surface area contributed by atoms with Crippen molar-refractivity contribution in [2.75, 3.05) is 0 Å². The van der Waals surface area contributed by atoms with Crippen molar-refractivity contribution >= 4 is 17.9 Å². The van der Waals surface area contributed by atoms with Crippen LogP contribution in [0.1, 0.15) is 16.1 Å². The van der Waals surface area contributed by atoms with E-state index in [1.54, 1.807) is 24.3 Å². The lowest BCUT2D eigenvalue weighted by Gasteiger charge is -2.08. The molecule has 0 aliphatic heterocycles. The molecule has 2 N–H and O–H groups in total. The molecule has 1 aromatic heterocycles. The molecule has 0 spiro atoms. The Hall–Kier alpha value is -4.00. The number of rotatable bonds is 5. The normalized spacial score (nSPS) is 10.5. The fraction of sp³-hybridized carbons (Fsp3) is 0. The van der Waals surface area contributed by atoms with Gasteiger partial charge in [0.2, 0.25) is 0 Å². The summed E-state index contributed by atoms with van der Waals surface area (Å²) in [7, 11) is 0. The molecule has 140 valence electrons. The number of halogens is 1. The fourth-order valence-electron chi connectivity index (χ4n) is 2.23. The number of carbonyl (C=O) groups excluding carboxylic acids is 2. The Labute approximate surface area is 160 Å². The highest BCUT2D eigenvalue weighted by Gasteiger charge is 2.09. The van der Waals surface area contributed by atoms with Crippen molar-refractivity contribution in [3.05, 3.63) is 96.1 Å². The van der Waals surface area contributed by atoms with Crippen LogP contribution in [0.15, 0.2) is 79.0 Å². The summed E-state index contributed by atoms with van der Waals surface area (Å²) in [5.41, 5.74) is 5.08. The average Bonchev–Trinajstić information content (AvgIpc) is 2.71. The molecule has 7 heteroatoms. The summed E-state index contributed by atoms with van der Waals surface area (Å²) in [6.45, 7) is 0. The Balaban J connectivity index is 1.56. The molecule has 0 radical (unpaired) electrons. The Morgan fingerprint density at radius 2 is 1.75 bits per heavy atom. The monoisotopic (exact) mass is 377 g/mol. The van der Waals surface area contributed by atoms with Crippen LogP contribution >= 0.6 is 0 Å². The number of hydrogen-bond acceptors (Lipinski definition) is 4. The number of hydrogen-bond donors (Lipinski definition) is 2. The van der Waals surface area contributed by atoms with Crippen molar-refractivity contribution in [3.8, 4) is 11.5 Å². The maximum Gasteiger partial charge on any atom is 0.288 e. The molecular formula is C21H16FN3O3. The first-order valence-electron chi connectivity index (χ1n) is 8.33. The fourth-order valence-corrected chi connectivity index (χ4v) is 2.23. The van der Waals surface area contributed by atoms with E-state index in [1.807, 2.05) is 18.2 Å². The largest absolute Gasteiger partial charge is 0.457 e. The van der Waals surface area contributed by atoms with Crippen LogP contribution in [-0.2, 0) is 4.79 Å². The molecule has 0 aliphatic carbocycles. The van der Waals surface area contributed by atoms with Gasteiger partial charge in [-0.1, -0.05) is 30.3 Å². The van der Waals surface area contributed by atoms with Crippen molar-refractivity contribution in [2.45, 2.75) is 0 Å². The standard InChI is InChI=1S/C21H16FN3O3/c22-16-6-4-5-15(13-16)9-10-20(26)24-25-21(27)19-14-18(11-12-23-19)28-17-7-2-1-3-8-17/h1-14H,(H,24,26)(H,25,27). The second-order valence-corrected chi connectivity index (χ2v) is 5.62. The number of nitrogens with one attached hydrogen (secondary N) is 2. The number of aromatic nitrogens is 1. The number of amides is 2. The molecule has 0 bridgehead atoms. The predicted molar refractivity (Wildman–Crippen MR) is 102 cm³/mol. The minimum atomic E-state index is -0.606. The van der Waals surface area contributed by atoms with Gasteiger partial charge in [0.15, 0.2) is 0 Å². The predicted octanol–water partition coefficient (Wildman–Crippen LogP) is 3.49. The molecule has 6 nitrogen and oxygen atoms in total. The second-order valence-electron chi connectivity index (χ2n) is 5.62. The number of benzene rings is 2. The highest BCUT2D eigenvalue weighted by Crippen LogP contribution is 2.20. The van der Waals surface area contributed by atoms with Gasteiger partial charge < -0.3 is 4.74 Å². The number of para-hydroxylation sites is 1. The smallest absolute Gasteiger partial charge is 0.288 e. The summed E-state index contributed by atoms with van der Waals surface area (Å²) in [5.74, 6) is -0.528. The van der Waals surface area contributed by atoms with Gasteiger partial charge in [0, 0.05) is 18.3 Å². The quantitative estimate of drug-likeness (QED) is 0.527. The lowest BCUT2D eigenvalue weighted by Crippen LogP contribution is -2.41. The van der Waals surface area contributed by atoms with Gasteiger partial charge in [-0.05, 0) is 42.0 Å². The zero-order chi connectivity index (χ0) is 19.8. The number of pyridine rings is 1. The number of nitrogens with zero attached hydrogens (tertiary/aromatic N) is 1. The highest BCUT2D eigenvalue weighted by molar-refractivity contribution is 5.97. The first-order valence-corrected chi connectivity index (χ1v) is 8.33. The first-order chi connectivity index (χ1) is 13.6. The maximum absolute atomic E-state index is 13.1. The molecule has 3 rings (SSSR count). The van der Waals surface area contributed by atoms with Crippen LogP contribution in [0.4, 0.5) is 4.39 Å². The van der Waals surface area contributed by atoms with Crippen LogP contribution in [0.25, 0.3) is 6.08 Å². The van der Waals surface area contributed by atoms with E-state index in [9.17, 15) is 14.0 Å². The molecule has 0 saturated carbocycles. The number of carbonyl (C=O) groups is 2. The highest BCUT2D eigenvalue weighted by atomic mass is 19.1. The van der Waals surface area contributed by atoms with Crippen molar-refractivity contribution in [1.82, 2.24) is 15.8 Å². The molecule has 0 aliphatic rings. The van der Waals surface area contributed by atoms with E-state index in [0.29, 0.717) is 17.1 Å². The molecule has 3 aromatic rings. The third kappa shape index (κ3) is 5.50. The summed E-state index contributed by atoms with van der Waals surface area (Å²) in [6.07, 6.45) is 4.04. The lowest BCUT2D eigenvalue weighted by atomic mass is 10.2. The summed E-state index contributed by atoms with van der Waals surface area (Å²) < 4.78 is 18.7.